The maximum Gasteiger partial charge on any atom is 0.407 e. The molecule has 17 heavy (non-hydrogen) atoms. The van der Waals surface area contributed by atoms with Crippen molar-refractivity contribution in [2.75, 3.05) is 0 Å². The summed E-state index contributed by atoms with van der Waals surface area (Å²) in [6, 6.07) is 0.187. The van der Waals surface area contributed by atoms with Gasteiger partial charge in [-0.3, -0.25) is 0 Å². The van der Waals surface area contributed by atoms with Gasteiger partial charge in [-0.25, -0.2) is 4.79 Å². The number of carbonyl (C=O) groups is 1. The maximum atomic E-state index is 11.7. The van der Waals surface area contributed by atoms with Crippen LogP contribution in [0.5, 0.6) is 0 Å². The van der Waals surface area contributed by atoms with Crippen LogP contribution in [0.4, 0.5) is 4.79 Å². The van der Waals surface area contributed by atoms with Crippen molar-refractivity contribution in [2.45, 2.75) is 64.2 Å². The second-order valence-corrected chi connectivity index (χ2v) is 6.39. The highest BCUT2D eigenvalue weighted by Gasteiger charge is 2.41. The number of aliphatic hydroxyl groups excluding tert-OH is 1. The van der Waals surface area contributed by atoms with Crippen molar-refractivity contribution in [3.05, 3.63) is 0 Å². The zero-order chi connectivity index (χ0) is 12.6. The number of alkyl carbamates (subject to hydrolysis) is 1. The van der Waals surface area contributed by atoms with E-state index in [2.05, 4.69) is 5.32 Å². The normalized spacial score (nSPS) is 36.7. The molecule has 0 aromatic heterocycles. The van der Waals surface area contributed by atoms with E-state index < -0.39 is 5.60 Å². The van der Waals surface area contributed by atoms with Gasteiger partial charge in [0.25, 0.3) is 0 Å². The molecule has 4 atom stereocenters. The average Bonchev–Trinajstić information content (AvgIpc) is 2.16. The van der Waals surface area contributed by atoms with Gasteiger partial charge in [-0.2, -0.15) is 0 Å². The number of amides is 1. The number of aliphatic hydroxyl groups is 1. The molecule has 3 fully saturated rings. The van der Waals surface area contributed by atoms with E-state index in [1.54, 1.807) is 0 Å². The van der Waals surface area contributed by atoms with E-state index in [1.165, 1.54) is 0 Å². The Morgan fingerprint density at radius 2 is 1.88 bits per heavy atom. The molecule has 3 rings (SSSR count). The second-order valence-electron chi connectivity index (χ2n) is 6.39. The molecule has 4 unspecified atom stereocenters. The summed E-state index contributed by atoms with van der Waals surface area (Å²) < 4.78 is 5.26. The molecule has 4 nitrogen and oxygen atoms in total. The highest BCUT2D eigenvalue weighted by molar-refractivity contribution is 5.68. The van der Waals surface area contributed by atoms with Crippen LogP contribution in [0.15, 0.2) is 0 Å². The van der Waals surface area contributed by atoms with Crippen LogP contribution in [-0.4, -0.2) is 28.9 Å². The van der Waals surface area contributed by atoms with Crippen molar-refractivity contribution in [1.29, 1.82) is 0 Å². The van der Waals surface area contributed by atoms with Crippen LogP contribution in [0, 0.1) is 11.8 Å². The van der Waals surface area contributed by atoms with Crippen molar-refractivity contribution < 1.29 is 14.6 Å². The van der Waals surface area contributed by atoms with Crippen LogP contribution >= 0.6 is 0 Å². The van der Waals surface area contributed by atoms with Crippen molar-refractivity contribution in [1.82, 2.24) is 5.32 Å². The van der Waals surface area contributed by atoms with E-state index in [0.717, 1.165) is 25.7 Å². The van der Waals surface area contributed by atoms with Crippen molar-refractivity contribution in [2.24, 2.45) is 11.8 Å². The fourth-order valence-electron chi connectivity index (χ4n) is 3.04. The Hall–Kier alpha value is -0.770. The first-order chi connectivity index (χ1) is 7.85. The number of fused-ring (bicyclic) bond motifs is 3. The number of nitrogens with one attached hydrogen (secondary N) is 1. The third kappa shape index (κ3) is 3.12. The lowest BCUT2D eigenvalue weighted by atomic mass is 9.66. The van der Waals surface area contributed by atoms with Gasteiger partial charge in [-0.1, -0.05) is 0 Å². The fraction of sp³-hybridized carbons (Fsp3) is 0.923. The van der Waals surface area contributed by atoms with Crippen LogP contribution in [0.2, 0.25) is 0 Å². The fourth-order valence-corrected chi connectivity index (χ4v) is 3.04. The minimum atomic E-state index is -0.447. The van der Waals surface area contributed by atoms with Crippen LogP contribution in [0.25, 0.3) is 0 Å². The highest BCUT2D eigenvalue weighted by Crippen LogP contribution is 2.41. The van der Waals surface area contributed by atoms with Gasteiger partial charge in [-0.05, 0) is 58.3 Å². The molecule has 0 aromatic rings. The van der Waals surface area contributed by atoms with Gasteiger partial charge in [0.15, 0.2) is 0 Å². The summed E-state index contributed by atoms with van der Waals surface area (Å²) in [4.78, 5) is 11.7. The van der Waals surface area contributed by atoms with E-state index >= 15 is 0 Å². The molecule has 0 heterocycles. The molecule has 2 bridgehead atoms. The van der Waals surface area contributed by atoms with Gasteiger partial charge < -0.3 is 15.2 Å². The molecule has 0 saturated heterocycles. The molecular formula is C13H23NO3. The van der Waals surface area contributed by atoms with Gasteiger partial charge in [0.2, 0.25) is 0 Å². The van der Waals surface area contributed by atoms with Crippen LogP contribution in [-0.2, 0) is 4.74 Å². The summed E-state index contributed by atoms with van der Waals surface area (Å²) in [5.41, 5.74) is -0.447. The Morgan fingerprint density at radius 1 is 1.24 bits per heavy atom. The zero-order valence-corrected chi connectivity index (χ0v) is 10.9. The van der Waals surface area contributed by atoms with E-state index in [4.69, 9.17) is 4.74 Å². The van der Waals surface area contributed by atoms with Gasteiger partial charge in [0.05, 0.1) is 6.10 Å². The smallest absolute Gasteiger partial charge is 0.407 e. The van der Waals surface area contributed by atoms with E-state index in [1.807, 2.05) is 20.8 Å². The topological polar surface area (TPSA) is 58.6 Å². The third-order valence-electron chi connectivity index (χ3n) is 3.82. The molecule has 3 aliphatic carbocycles. The van der Waals surface area contributed by atoms with Crippen molar-refractivity contribution >= 4 is 6.09 Å². The molecule has 0 spiro atoms. The van der Waals surface area contributed by atoms with E-state index in [0.29, 0.717) is 11.8 Å². The first kappa shape index (κ1) is 12.7. The van der Waals surface area contributed by atoms with Crippen LogP contribution in [0.3, 0.4) is 0 Å². The van der Waals surface area contributed by atoms with Gasteiger partial charge >= 0.3 is 6.09 Å². The average molecular weight is 241 g/mol. The van der Waals surface area contributed by atoms with Crippen molar-refractivity contribution in [3.8, 4) is 0 Å². The zero-order valence-electron chi connectivity index (χ0n) is 10.9. The summed E-state index contributed by atoms with van der Waals surface area (Å²) in [6.07, 6.45) is 3.44. The lowest BCUT2D eigenvalue weighted by Crippen LogP contribution is -2.52. The van der Waals surface area contributed by atoms with Crippen molar-refractivity contribution in [3.63, 3.8) is 0 Å². The summed E-state index contributed by atoms with van der Waals surface area (Å²) in [7, 11) is 0. The van der Waals surface area contributed by atoms with E-state index in [-0.39, 0.29) is 18.2 Å². The SMILES string of the molecule is CC(C)(C)OC(=O)NC1CC2CCC1CC2O. The Kier molecular flexibility index (Phi) is 3.34. The van der Waals surface area contributed by atoms with Gasteiger partial charge in [0, 0.05) is 6.04 Å². The summed E-state index contributed by atoms with van der Waals surface area (Å²) in [5.74, 6) is 0.780. The molecular weight excluding hydrogens is 218 g/mol. The summed E-state index contributed by atoms with van der Waals surface area (Å²) >= 11 is 0. The van der Waals surface area contributed by atoms with Crippen LogP contribution in [0.1, 0.15) is 46.5 Å². The summed E-state index contributed by atoms with van der Waals surface area (Å²) in [5, 5.41) is 12.7. The molecule has 98 valence electrons. The molecule has 3 saturated carbocycles. The highest BCUT2D eigenvalue weighted by atomic mass is 16.6. The Bertz CT molecular complexity index is 298. The Labute approximate surface area is 103 Å². The second kappa shape index (κ2) is 4.48. The standard InChI is InChI=1S/C13H23NO3/c1-13(2,3)17-12(16)14-10-6-9-5-4-8(10)7-11(9)15/h8-11,15H,4-7H2,1-3H3,(H,14,16). The lowest BCUT2D eigenvalue weighted by molar-refractivity contribution is -0.0205. The first-order valence-electron chi connectivity index (χ1n) is 6.53. The molecule has 1 amide bonds. The molecule has 2 N–H and O–H groups in total. The third-order valence-corrected chi connectivity index (χ3v) is 3.82. The van der Waals surface area contributed by atoms with Gasteiger partial charge in [-0.15, -0.1) is 0 Å². The monoisotopic (exact) mass is 241 g/mol. The predicted octanol–water partition coefficient (Wildman–Crippen LogP) is 2.06. The predicted molar refractivity (Wildman–Crippen MR) is 64.6 cm³/mol. The molecule has 0 aliphatic heterocycles. The largest absolute Gasteiger partial charge is 0.444 e. The number of hydrogen-bond acceptors (Lipinski definition) is 3. The van der Waals surface area contributed by atoms with Gasteiger partial charge in [0.1, 0.15) is 5.60 Å². The Morgan fingerprint density at radius 3 is 2.35 bits per heavy atom. The first-order valence-corrected chi connectivity index (χ1v) is 6.53. The quantitative estimate of drug-likeness (QED) is 0.738. The minimum Gasteiger partial charge on any atom is -0.444 e. The number of hydrogen-bond donors (Lipinski definition) is 2. The molecule has 0 aromatic carbocycles. The molecule has 0 radical (unpaired) electrons. The van der Waals surface area contributed by atoms with Crippen LogP contribution < -0.4 is 5.32 Å². The number of carbonyl (C=O) groups excluding carboxylic acids is 1. The van der Waals surface area contributed by atoms with E-state index in [9.17, 15) is 9.90 Å². The summed E-state index contributed by atoms with van der Waals surface area (Å²) in [6.45, 7) is 5.59. The Balaban J connectivity index is 1.86. The molecule has 4 heteroatoms. The lowest BCUT2D eigenvalue weighted by Gasteiger charge is -2.45. The molecule has 3 aliphatic rings. The maximum absolute atomic E-state index is 11.7. The number of rotatable bonds is 1. The minimum absolute atomic E-state index is 0.162. The number of ether oxygens (including phenoxy) is 1.